The zero-order chi connectivity index (χ0) is 11.3. The summed E-state index contributed by atoms with van der Waals surface area (Å²) in [6.45, 7) is 0.729. The molecule has 0 bridgehead atoms. The molecule has 5 heteroatoms. The van der Waals surface area contributed by atoms with Gasteiger partial charge >= 0.3 is 5.97 Å². The number of aliphatic carboxylic acids is 1. The molecule has 0 aromatic rings. The largest absolute Gasteiger partial charge is 0.481 e. The Morgan fingerprint density at radius 2 is 2.13 bits per heavy atom. The van der Waals surface area contributed by atoms with Gasteiger partial charge in [-0.25, -0.2) is 0 Å². The second-order valence-corrected chi connectivity index (χ2v) is 4.03. The van der Waals surface area contributed by atoms with Gasteiger partial charge in [-0.2, -0.15) is 0 Å². The summed E-state index contributed by atoms with van der Waals surface area (Å²) in [5.74, 6) is -0.613. The molecule has 5 nitrogen and oxygen atoms in total. The molecule has 1 saturated carbocycles. The van der Waals surface area contributed by atoms with E-state index in [9.17, 15) is 9.90 Å². The highest BCUT2D eigenvalue weighted by Gasteiger charge is 2.49. The lowest BCUT2D eigenvalue weighted by Gasteiger charge is -2.27. The minimum Gasteiger partial charge on any atom is -0.481 e. The Morgan fingerprint density at radius 1 is 1.47 bits per heavy atom. The Hall–Kier alpha value is -0.650. The van der Waals surface area contributed by atoms with Crippen molar-refractivity contribution in [2.24, 2.45) is 17.1 Å². The van der Waals surface area contributed by atoms with E-state index >= 15 is 0 Å². The zero-order valence-electron chi connectivity index (χ0n) is 8.82. The third kappa shape index (κ3) is 2.90. The van der Waals surface area contributed by atoms with E-state index < -0.39 is 11.4 Å². The van der Waals surface area contributed by atoms with Gasteiger partial charge in [0.15, 0.2) is 0 Å². The summed E-state index contributed by atoms with van der Waals surface area (Å²) in [5, 5.41) is 17.7. The van der Waals surface area contributed by atoms with Crippen LogP contribution in [0.3, 0.4) is 0 Å². The van der Waals surface area contributed by atoms with Crippen molar-refractivity contribution in [1.29, 1.82) is 0 Å². The summed E-state index contributed by atoms with van der Waals surface area (Å²) in [4.78, 5) is 11.2. The molecule has 1 unspecified atom stereocenters. The predicted molar refractivity (Wildman–Crippen MR) is 54.4 cm³/mol. The molecule has 1 aliphatic rings. The van der Waals surface area contributed by atoms with Gasteiger partial charge in [-0.05, 0) is 25.2 Å². The van der Waals surface area contributed by atoms with Crippen LogP contribution in [0.25, 0.3) is 0 Å². The third-order valence-electron chi connectivity index (χ3n) is 3.08. The van der Waals surface area contributed by atoms with Crippen molar-refractivity contribution in [2.75, 3.05) is 26.4 Å². The standard InChI is InChI=1S/C10H19NO4/c11-7-10(9(13)14,8-1-2-8)3-5-15-6-4-12/h8,12H,1-7,11H2,(H,13,14). The van der Waals surface area contributed by atoms with Crippen LogP contribution in [0.4, 0.5) is 0 Å². The molecule has 0 aliphatic heterocycles. The van der Waals surface area contributed by atoms with Crippen molar-refractivity contribution in [3.8, 4) is 0 Å². The van der Waals surface area contributed by atoms with E-state index in [0.29, 0.717) is 13.0 Å². The molecule has 88 valence electrons. The maximum Gasteiger partial charge on any atom is 0.311 e. The van der Waals surface area contributed by atoms with Crippen LogP contribution >= 0.6 is 0 Å². The second-order valence-electron chi connectivity index (χ2n) is 4.03. The summed E-state index contributed by atoms with van der Waals surface area (Å²) in [6.07, 6.45) is 2.33. The fourth-order valence-electron chi connectivity index (χ4n) is 1.90. The van der Waals surface area contributed by atoms with Crippen molar-refractivity contribution in [3.63, 3.8) is 0 Å². The molecular weight excluding hydrogens is 198 g/mol. The van der Waals surface area contributed by atoms with Crippen molar-refractivity contribution < 1.29 is 19.7 Å². The molecule has 4 N–H and O–H groups in total. The van der Waals surface area contributed by atoms with Crippen LogP contribution in [-0.2, 0) is 9.53 Å². The van der Waals surface area contributed by atoms with E-state index in [1.807, 2.05) is 0 Å². The number of aliphatic hydroxyl groups is 1. The summed E-state index contributed by atoms with van der Waals surface area (Å²) >= 11 is 0. The van der Waals surface area contributed by atoms with Crippen LogP contribution in [-0.4, -0.2) is 42.5 Å². The van der Waals surface area contributed by atoms with Crippen molar-refractivity contribution in [3.05, 3.63) is 0 Å². The van der Waals surface area contributed by atoms with E-state index in [-0.39, 0.29) is 25.7 Å². The first kappa shape index (κ1) is 12.4. The summed E-state index contributed by atoms with van der Waals surface area (Å²) in [7, 11) is 0. The lowest BCUT2D eigenvalue weighted by Crippen LogP contribution is -2.41. The predicted octanol–water partition coefficient (Wildman–Crippen LogP) is -0.175. The van der Waals surface area contributed by atoms with E-state index in [1.54, 1.807) is 0 Å². The van der Waals surface area contributed by atoms with Crippen LogP contribution in [0.1, 0.15) is 19.3 Å². The second kappa shape index (κ2) is 5.44. The molecule has 1 atom stereocenters. The minimum atomic E-state index is -0.819. The SMILES string of the molecule is NCC(CCOCCO)(C(=O)O)C1CC1. The average Bonchev–Trinajstić information content (AvgIpc) is 3.02. The number of hydrogen-bond acceptors (Lipinski definition) is 4. The Morgan fingerprint density at radius 3 is 2.53 bits per heavy atom. The van der Waals surface area contributed by atoms with Gasteiger partial charge in [0.1, 0.15) is 0 Å². The summed E-state index contributed by atoms with van der Waals surface area (Å²) in [6, 6.07) is 0. The number of hydrogen-bond donors (Lipinski definition) is 3. The molecule has 15 heavy (non-hydrogen) atoms. The van der Waals surface area contributed by atoms with Gasteiger partial charge in [0.05, 0.1) is 18.6 Å². The van der Waals surface area contributed by atoms with E-state index in [4.69, 9.17) is 15.6 Å². The van der Waals surface area contributed by atoms with Crippen LogP contribution in [0.2, 0.25) is 0 Å². The van der Waals surface area contributed by atoms with E-state index in [2.05, 4.69) is 0 Å². The maximum absolute atomic E-state index is 11.2. The lowest BCUT2D eigenvalue weighted by atomic mass is 9.80. The topological polar surface area (TPSA) is 92.8 Å². The summed E-state index contributed by atoms with van der Waals surface area (Å²) in [5.41, 5.74) is 4.77. The average molecular weight is 217 g/mol. The zero-order valence-corrected chi connectivity index (χ0v) is 8.82. The monoisotopic (exact) mass is 217 g/mol. The van der Waals surface area contributed by atoms with Crippen molar-refractivity contribution >= 4 is 5.97 Å². The van der Waals surface area contributed by atoms with Crippen LogP contribution < -0.4 is 5.73 Å². The van der Waals surface area contributed by atoms with Crippen LogP contribution in [0.15, 0.2) is 0 Å². The number of aliphatic hydroxyl groups excluding tert-OH is 1. The molecule has 0 radical (unpaired) electrons. The Balaban J connectivity index is 2.44. The first-order valence-corrected chi connectivity index (χ1v) is 5.29. The lowest BCUT2D eigenvalue weighted by molar-refractivity contribution is -0.151. The minimum absolute atomic E-state index is 0.0356. The fraction of sp³-hybridized carbons (Fsp3) is 0.900. The Bertz CT molecular complexity index is 217. The number of rotatable bonds is 8. The Labute approximate surface area is 89.2 Å². The summed E-state index contributed by atoms with van der Waals surface area (Å²) < 4.78 is 5.10. The van der Waals surface area contributed by atoms with Crippen molar-refractivity contribution in [1.82, 2.24) is 0 Å². The number of carbonyl (C=O) groups is 1. The molecule has 0 heterocycles. The van der Waals surface area contributed by atoms with Gasteiger partial charge in [-0.1, -0.05) is 0 Å². The van der Waals surface area contributed by atoms with E-state index in [0.717, 1.165) is 12.8 Å². The van der Waals surface area contributed by atoms with Gasteiger partial charge < -0.3 is 20.7 Å². The van der Waals surface area contributed by atoms with Gasteiger partial charge in [-0.15, -0.1) is 0 Å². The number of carboxylic acid groups (broad SMARTS) is 1. The highest BCUT2D eigenvalue weighted by atomic mass is 16.5. The highest BCUT2D eigenvalue weighted by Crippen LogP contribution is 2.47. The molecule has 1 fully saturated rings. The van der Waals surface area contributed by atoms with Crippen LogP contribution in [0, 0.1) is 11.3 Å². The number of nitrogens with two attached hydrogens (primary N) is 1. The normalized spacial score (nSPS) is 19.9. The quantitative estimate of drug-likeness (QED) is 0.491. The highest BCUT2D eigenvalue weighted by molar-refractivity contribution is 5.76. The number of carboxylic acids is 1. The molecular formula is C10H19NO4. The molecule has 0 aromatic heterocycles. The van der Waals surface area contributed by atoms with E-state index in [1.165, 1.54) is 0 Å². The van der Waals surface area contributed by atoms with Gasteiger partial charge in [-0.3, -0.25) is 4.79 Å². The molecule has 1 aliphatic carbocycles. The molecule has 0 amide bonds. The number of ether oxygens (including phenoxy) is 1. The smallest absolute Gasteiger partial charge is 0.311 e. The van der Waals surface area contributed by atoms with Gasteiger partial charge in [0, 0.05) is 13.2 Å². The molecule has 1 rings (SSSR count). The van der Waals surface area contributed by atoms with Gasteiger partial charge in [0.25, 0.3) is 0 Å². The van der Waals surface area contributed by atoms with Gasteiger partial charge in [0.2, 0.25) is 0 Å². The molecule has 0 saturated heterocycles. The molecule has 0 spiro atoms. The first-order chi connectivity index (χ1) is 7.17. The van der Waals surface area contributed by atoms with Crippen molar-refractivity contribution in [2.45, 2.75) is 19.3 Å². The maximum atomic E-state index is 11.2. The third-order valence-corrected chi connectivity index (χ3v) is 3.08. The fourth-order valence-corrected chi connectivity index (χ4v) is 1.90. The van der Waals surface area contributed by atoms with Crippen LogP contribution in [0.5, 0.6) is 0 Å². The molecule has 0 aromatic carbocycles. The first-order valence-electron chi connectivity index (χ1n) is 5.29. The Kier molecular flexibility index (Phi) is 4.50.